The predicted octanol–water partition coefficient (Wildman–Crippen LogP) is 1.23. The average Bonchev–Trinajstić information content (AvgIpc) is 2.70. The van der Waals surface area contributed by atoms with Crippen molar-refractivity contribution in [1.29, 1.82) is 0 Å². The fraction of sp³-hybridized carbons (Fsp3) is 0.556. The van der Waals surface area contributed by atoms with E-state index in [9.17, 15) is 0 Å². The van der Waals surface area contributed by atoms with Crippen LogP contribution in [0.5, 0.6) is 6.01 Å². The Morgan fingerprint density at radius 1 is 1.50 bits per heavy atom. The molecule has 2 rings (SSSR count). The molecule has 0 saturated carbocycles. The maximum absolute atomic E-state index is 5.46. The summed E-state index contributed by atoms with van der Waals surface area (Å²) >= 11 is 3.27. The second kappa shape index (κ2) is 4.70. The van der Waals surface area contributed by atoms with Gasteiger partial charge in [-0.1, -0.05) is 0 Å². The van der Waals surface area contributed by atoms with Crippen LogP contribution in [0.2, 0.25) is 0 Å². The van der Waals surface area contributed by atoms with Gasteiger partial charge < -0.3 is 10.1 Å². The van der Waals surface area contributed by atoms with Gasteiger partial charge in [-0.25, -0.2) is 9.97 Å². The molecule has 0 aromatic carbocycles. The SMILES string of the molecule is Brc1cnc(OCC2CCNC2)nc1. The standard InChI is InChI=1S/C9H12BrN3O/c10-8-4-12-9(13-5-8)14-6-7-1-2-11-3-7/h4-5,7,11H,1-3,6H2. The van der Waals surface area contributed by atoms with Crippen LogP contribution in [-0.4, -0.2) is 29.7 Å². The highest BCUT2D eigenvalue weighted by molar-refractivity contribution is 9.10. The molecule has 0 aliphatic carbocycles. The summed E-state index contributed by atoms with van der Waals surface area (Å²) in [6.45, 7) is 2.83. The number of nitrogens with zero attached hydrogens (tertiary/aromatic N) is 2. The summed E-state index contributed by atoms with van der Waals surface area (Å²) < 4.78 is 6.33. The van der Waals surface area contributed by atoms with Crippen molar-refractivity contribution < 1.29 is 4.74 Å². The Bertz CT molecular complexity index is 285. The third-order valence-corrected chi connectivity index (χ3v) is 2.62. The van der Waals surface area contributed by atoms with Crippen molar-refractivity contribution in [2.75, 3.05) is 19.7 Å². The number of hydrogen-bond acceptors (Lipinski definition) is 4. The van der Waals surface area contributed by atoms with E-state index in [0.29, 0.717) is 18.5 Å². The number of aromatic nitrogens is 2. The Kier molecular flexibility index (Phi) is 3.31. The lowest BCUT2D eigenvalue weighted by Gasteiger charge is -2.08. The molecule has 1 atom stereocenters. The molecule has 1 aliphatic rings. The zero-order chi connectivity index (χ0) is 9.80. The van der Waals surface area contributed by atoms with Crippen LogP contribution in [-0.2, 0) is 0 Å². The first-order valence-electron chi connectivity index (χ1n) is 4.65. The number of ether oxygens (including phenoxy) is 1. The molecule has 0 amide bonds. The summed E-state index contributed by atoms with van der Waals surface area (Å²) in [6, 6.07) is 0.458. The van der Waals surface area contributed by atoms with E-state index in [1.54, 1.807) is 12.4 Å². The average molecular weight is 258 g/mol. The topological polar surface area (TPSA) is 47.0 Å². The molecule has 0 bridgehead atoms. The van der Waals surface area contributed by atoms with Gasteiger partial charge in [-0.05, 0) is 28.9 Å². The monoisotopic (exact) mass is 257 g/mol. The quantitative estimate of drug-likeness (QED) is 0.885. The minimum Gasteiger partial charge on any atom is -0.463 e. The van der Waals surface area contributed by atoms with E-state index in [1.807, 2.05) is 0 Å². The normalized spacial score (nSPS) is 21.1. The summed E-state index contributed by atoms with van der Waals surface area (Å²) in [7, 11) is 0. The Morgan fingerprint density at radius 3 is 2.93 bits per heavy atom. The first kappa shape index (κ1) is 9.86. The second-order valence-corrected chi connectivity index (χ2v) is 4.27. The van der Waals surface area contributed by atoms with Crippen LogP contribution in [0.1, 0.15) is 6.42 Å². The van der Waals surface area contributed by atoms with Crippen molar-refractivity contribution in [3.05, 3.63) is 16.9 Å². The largest absolute Gasteiger partial charge is 0.463 e. The van der Waals surface area contributed by atoms with Gasteiger partial charge in [0, 0.05) is 24.9 Å². The molecule has 14 heavy (non-hydrogen) atoms. The highest BCUT2D eigenvalue weighted by Crippen LogP contribution is 2.11. The molecule has 5 heteroatoms. The molecule has 4 nitrogen and oxygen atoms in total. The first-order valence-corrected chi connectivity index (χ1v) is 5.45. The van der Waals surface area contributed by atoms with Crippen LogP contribution < -0.4 is 10.1 Å². The molecule has 2 heterocycles. The van der Waals surface area contributed by atoms with E-state index in [1.165, 1.54) is 6.42 Å². The van der Waals surface area contributed by atoms with E-state index < -0.39 is 0 Å². The molecule has 1 saturated heterocycles. The molecule has 0 spiro atoms. The third kappa shape index (κ3) is 2.65. The lowest BCUT2D eigenvalue weighted by Crippen LogP contribution is -2.16. The fourth-order valence-corrected chi connectivity index (χ4v) is 1.63. The van der Waals surface area contributed by atoms with Gasteiger partial charge >= 0.3 is 6.01 Å². The molecule has 1 N–H and O–H groups in total. The molecule has 1 aromatic heterocycles. The second-order valence-electron chi connectivity index (χ2n) is 3.35. The Balaban J connectivity index is 1.82. The van der Waals surface area contributed by atoms with Gasteiger partial charge in [-0.2, -0.15) is 0 Å². The van der Waals surface area contributed by atoms with Gasteiger partial charge in [0.25, 0.3) is 0 Å². The molecule has 1 aliphatic heterocycles. The molecule has 1 fully saturated rings. The summed E-state index contributed by atoms with van der Waals surface area (Å²) in [5.41, 5.74) is 0. The van der Waals surface area contributed by atoms with Crippen LogP contribution in [0.25, 0.3) is 0 Å². The smallest absolute Gasteiger partial charge is 0.316 e. The molecular weight excluding hydrogens is 246 g/mol. The summed E-state index contributed by atoms with van der Waals surface area (Å²) in [6.07, 6.45) is 4.56. The lowest BCUT2D eigenvalue weighted by molar-refractivity contribution is 0.241. The fourth-order valence-electron chi connectivity index (χ4n) is 1.42. The summed E-state index contributed by atoms with van der Waals surface area (Å²) in [5.74, 6) is 0.599. The third-order valence-electron chi connectivity index (χ3n) is 2.21. The van der Waals surface area contributed by atoms with Crippen molar-refractivity contribution in [3.63, 3.8) is 0 Å². The van der Waals surface area contributed by atoms with Crippen LogP contribution >= 0.6 is 15.9 Å². The number of hydrogen-bond donors (Lipinski definition) is 1. The maximum Gasteiger partial charge on any atom is 0.316 e. The first-order chi connectivity index (χ1) is 6.84. The van der Waals surface area contributed by atoms with Gasteiger partial charge in [0.2, 0.25) is 0 Å². The molecule has 1 unspecified atom stereocenters. The van der Waals surface area contributed by atoms with Crippen molar-refractivity contribution in [1.82, 2.24) is 15.3 Å². The highest BCUT2D eigenvalue weighted by Gasteiger charge is 2.15. The number of halogens is 1. The van der Waals surface area contributed by atoms with Gasteiger partial charge in [0.15, 0.2) is 0 Å². The molecule has 0 radical (unpaired) electrons. The van der Waals surface area contributed by atoms with Crippen LogP contribution in [0, 0.1) is 5.92 Å². The predicted molar refractivity (Wildman–Crippen MR) is 56.2 cm³/mol. The van der Waals surface area contributed by atoms with E-state index >= 15 is 0 Å². The van der Waals surface area contributed by atoms with Crippen molar-refractivity contribution in [2.24, 2.45) is 5.92 Å². The van der Waals surface area contributed by atoms with Crippen LogP contribution in [0.15, 0.2) is 16.9 Å². The van der Waals surface area contributed by atoms with Crippen molar-refractivity contribution in [2.45, 2.75) is 6.42 Å². The van der Waals surface area contributed by atoms with Crippen LogP contribution in [0.3, 0.4) is 0 Å². The Morgan fingerprint density at radius 2 is 2.29 bits per heavy atom. The van der Waals surface area contributed by atoms with Crippen LogP contribution in [0.4, 0.5) is 0 Å². The summed E-state index contributed by atoms with van der Waals surface area (Å²) in [5, 5.41) is 3.29. The summed E-state index contributed by atoms with van der Waals surface area (Å²) in [4.78, 5) is 8.08. The van der Waals surface area contributed by atoms with Crippen molar-refractivity contribution >= 4 is 15.9 Å². The lowest BCUT2D eigenvalue weighted by atomic mass is 10.1. The zero-order valence-corrected chi connectivity index (χ0v) is 9.33. The number of rotatable bonds is 3. The van der Waals surface area contributed by atoms with E-state index in [0.717, 1.165) is 17.6 Å². The zero-order valence-electron chi connectivity index (χ0n) is 7.74. The minimum absolute atomic E-state index is 0.458. The van der Waals surface area contributed by atoms with Gasteiger partial charge in [-0.3, -0.25) is 0 Å². The molecule has 1 aromatic rings. The van der Waals surface area contributed by atoms with E-state index in [4.69, 9.17) is 4.74 Å². The maximum atomic E-state index is 5.46. The Hall–Kier alpha value is -0.680. The molecular formula is C9H12BrN3O. The van der Waals surface area contributed by atoms with E-state index in [2.05, 4.69) is 31.2 Å². The van der Waals surface area contributed by atoms with Gasteiger partial charge in [0.1, 0.15) is 0 Å². The van der Waals surface area contributed by atoms with Crippen molar-refractivity contribution in [3.8, 4) is 6.01 Å². The molecule has 76 valence electrons. The highest BCUT2D eigenvalue weighted by atomic mass is 79.9. The van der Waals surface area contributed by atoms with Gasteiger partial charge in [0.05, 0.1) is 11.1 Å². The Labute approximate surface area is 91.2 Å². The van der Waals surface area contributed by atoms with E-state index in [-0.39, 0.29) is 0 Å². The number of nitrogens with one attached hydrogen (secondary N) is 1. The van der Waals surface area contributed by atoms with Gasteiger partial charge in [-0.15, -0.1) is 0 Å². The minimum atomic E-state index is 0.458.